The summed E-state index contributed by atoms with van der Waals surface area (Å²) < 4.78 is 0. The van der Waals surface area contributed by atoms with Crippen molar-refractivity contribution in [1.82, 2.24) is 15.2 Å². The van der Waals surface area contributed by atoms with Crippen molar-refractivity contribution < 1.29 is 4.79 Å². The van der Waals surface area contributed by atoms with Gasteiger partial charge < -0.3 is 5.32 Å². The zero-order valence-electron chi connectivity index (χ0n) is 16.9. The standard InChI is InChI=1S/C23H24N4OS/c1-22(2)16-11-12-23(22,3)20-19(16)26-27-21(25-20)29-13-18(28)24-17-10-6-8-14-7-4-5-9-15(14)17/h4-10,16H,11-13H2,1-3H3,(H,24,28)/t16-,23+/m0/s1. The van der Waals surface area contributed by atoms with Gasteiger partial charge in [0.05, 0.1) is 17.1 Å². The Morgan fingerprint density at radius 3 is 2.79 bits per heavy atom. The molecule has 0 aliphatic heterocycles. The van der Waals surface area contributed by atoms with Gasteiger partial charge in [-0.3, -0.25) is 4.79 Å². The summed E-state index contributed by atoms with van der Waals surface area (Å²) in [4.78, 5) is 17.4. The summed E-state index contributed by atoms with van der Waals surface area (Å²) in [5.74, 6) is 0.632. The van der Waals surface area contributed by atoms with Gasteiger partial charge in [-0.2, -0.15) is 5.10 Å². The van der Waals surface area contributed by atoms with Crippen molar-refractivity contribution in [1.29, 1.82) is 0 Å². The van der Waals surface area contributed by atoms with Crippen LogP contribution in [0.1, 0.15) is 50.9 Å². The third kappa shape index (κ3) is 2.76. The highest BCUT2D eigenvalue weighted by molar-refractivity contribution is 7.99. The molecule has 2 bridgehead atoms. The van der Waals surface area contributed by atoms with Gasteiger partial charge in [-0.1, -0.05) is 68.9 Å². The monoisotopic (exact) mass is 404 g/mol. The van der Waals surface area contributed by atoms with E-state index < -0.39 is 0 Å². The van der Waals surface area contributed by atoms with Crippen molar-refractivity contribution in [2.24, 2.45) is 5.41 Å². The minimum atomic E-state index is -0.0662. The van der Waals surface area contributed by atoms with Crippen molar-refractivity contribution >= 4 is 34.1 Å². The first-order chi connectivity index (χ1) is 13.9. The Morgan fingerprint density at radius 2 is 1.93 bits per heavy atom. The SMILES string of the molecule is CC1(C)[C@H]2CC[C@]1(C)c1nc(SCC(=O)Nc3cccc4ccccc34)nnc12. The largest absolute Gasteiger partial charge is 0.325 e. The molecule has 29 heavy (non-hydrogen) atoms. The molecule has 2 aromatic carbocycles. The maximum Gasteiger partial charge on any atom is 0.234 e. The lowest BCUT2D eigenvalue weighted by molar-refractivity contribution is -0.113. The van der Waals surface area contributed by atoms with Crippen molar-refractivity contribution in [2.75, 3.05) is 11.1 Å². The Bertz CT molecular complexity index is 1120. The summed E-state index contributed by atoms with van der Waals surface area (Å²) in [5.41, 5.74) is 3.18. The van der Waals surface area contributed by atoms with Crippen LogP contribution in [0.3, 0.4) is 0 Å². The van der Waals surface area contributed by atoms with Crippen LogP contribution in [0.15, 0.2) is 47.6 Å². The second-order valence-electron chi connectivity index (χ2n) is 8.84. The average molecular weight is 405 g/mol. The summed E-state index contributed by atoms with van der Waals surface area (Å²) in [6.45, 7) is 6.94. The van der Waals surface area contributed by atoms with E-state index in [4.69, 9.17) is 4.98 Å². The maximum atomic E-state index is 12.5. The highest BCUT2D eigenvalue weighted by Gasteiger charge is 2.61. The lowest BCUT2D eigenvalue weighted by Crippen LogP contribution is -2.32. The Labute approximate surface area is 174 Å². The summed E-state index contributed by atoms with van der Waals surface area (Å²) in [7, 11) is 0. The lowest BCUT2D eigenvalue weighted by Gasteiger charge is -2.33. The van der Waals surface area contributed by atoms with Gasteiger partial charge in [0.25, 0.3) is 0 Å². The molecule has 0 saturated heterocycles. The summed E-state index contributed by atoms with van der Waals surface area (Å²) in [6, 6.07) is 14.0. The molecule has 0 unspecified atom stereocenters. The lowest BCUT2D eigenvalue weighted by atomic mass is 9.70. The van der Waals surface area contributed by atoms with Crippen molar-refractivity contribution in [3.8, 4) is 0 Å². The summed E-state index contributed by atoms with van der Waals surface area (Å²) in [5, 5.41) is 14.6. The van der Waals surface area contributed by atoms with E-state index in [-0.39, 0.29) is 22.5 Å². The van der Waals surface area contributed by atoms with Crippen LogP contribution in [-0.4, -0.2) is 26.8 Å². The molecule has 1 N–H and O–H groups in total. The number of aromatic nitrogens is 3. The molecular formula is C23H24N4OS. The van der Waals surface area contributed by atoms with Crippen molar-refractivity contribution in [2.45, 2.75) is 50.1 Å². The Balaban J connectivity index is 1.31. The molecule has 1 saturated carbocycles. The number of amides is 1. The molecule has 148 valence electrons. The number of benzene rings is 2. The number of hydrogen-bond acceptors (Lipinski definition) is 5. The van der Waals surface area contributed by atoms with E-state index in [1.54, 1.807) is 0 Å². The van der Waals surface area contributed by atoms with Crippen LogP contribution in [0.2, 0.25) is 0 Å². The van der Waals surface area contributed by atoms with Gasteiger partial charge in [0, 0.05) is 22.4 Å². The predicted octanol–water partition coefficient (Wildman–Crippen LogP) is 4.93. The Hall–Kier alpha value is -2.47. The number of hydrogen-bond donors (Lipinski definition) is 1. The molecule has 6 heteroatoms. The van der Waals surface area contributed by atoms with Gasteiger partial charge in [0.1, 0.15) is 0 Å². The summed E-state index contributed by atoms with van der Waals surface area (Å²) >= 11 is 1.35. The minimum Gasteiger partial charge on any atom is -0.325 e. The zero-order valence-corrected chi connectivity index (χ0v) is 17.7. The molecule has 2 atom stereocenters. The van der Waals surface area contributed by atoms with Crippen LogP contribution in [0.5, 0.6) is 0 Å². The first kappa shape index (κ1) is 18.6. The molecule has 2 aliphatic rings. The van der Waals surface area contributed by atoms with E-state index in [0.717, 1.165) is 40.7 Å². The third-order valence-corrected chi connectivity index (χ3v) is 8.01. The first-order valence-electron chi connectivity index (χ1n) is 10.1. The predicted molar refractivity (Wildman–Crippen MR) is 116 cm³/mol. The fourth-order valence-electron chi connectivity index (χ4n) is 5.07. The second kappa shape index (κ2) is 6.52. The topological polar surface area (TPSA) is 67.8 Å². The van der Waals surface area contributed by atoms with Gasteiger partial charge in [-0.15, -0.1) is 5.10 Å². The molecular weight excluding hydrogens is 380 g/mol. The van der Waals surface area contributed by atoms with E-state index in [1.165, 1.54) is 11.8 Å². The highest BCUT2D eigenvalue weighted by Crippen LogP contribution is 2.66. The van der Waals surface area contributed by atoms with Gasteiger partial charge in [-0.05, 0) is 29.7 Å². The smallest absolute Gasteiger partial charge is 0.234 e. The van der Waals surface area contributed by atoms with Crippen LogP contribution in [0, 0.1) is 5.41 Å². The molecule has 0 spiro atoms. The van der Waals surface area contributed by atoms with E-state index in [1.807, 2.05) is 42.5 Å². The van der Waals surface area contributed by atoms with E-state index in [2.05, 4.69) is 36.3 Å². The molecule has 1 fully saturated rings. The number of rotatable bonds is 4. The van der Waals surface area contributed by atoms with Crippen LogP contribution in [0.4, 0.5) is 5.69 Å². The number of carbonyl (C=O) groups excluding carboxylic acids is 1. The molecule has 5 nitrogen and oxygen atoms in total. The number of carbonyl (C=O) groups is 1. The number of nitrogens with one attached hydrogen (secondary N) is 1. The van der Waals surface area contributed by atoms with Crippen molar-refractivity contribution in [3.05, 3.63) is 53.9 Å². The van der Waals surface area contributed by atoms with E-state index in [9.17, 15) is 4.79 Å². The van der Waals surface area contributed by atoms with Gasteiger partial charge in [-0.25, -0.2) is 4.98 Å². The number of fused-ring (bicyclic) bond motifs is 6. The van der Waals surface area contributed by atoms with Crippen LogP contribution >= 0.6 is 11.8 Å². The van der Waals surface area contributed by atoms with Crippen LogP contribution < -0.4 is 5.32 Å². The fourth-order valence-corrected chi connectivity index (χ4v) is 5.66. The molecule has 5 rings (SSSR count). The van der Waals surface area contributed by atoms with Crippen molar-refractivity contribution in [3.63, 3.8) is 0 Å². The number of nitrogens with zero attached hydrogens (tertiary/aromatic N) is 3. The normalized spacial score (nSPS) is 23.9. The minimum absolute atomic E-state index is 0.0451. The molecule has 3 aromatic rings. The number of anilines is 1. The highest BCUT2D eigenvalue weighted by atomic mass is 32.2. The van der Waals surface area contributed by atoms with Gasteiger partial charge >= 0.3 is 0 Å². The maximum absolute atomic E-state index is 12.5. The van der Waals surface area contributed by atoms with E-state index in [0.29, 0.717) is 11.1 Å². The number of thioether (sulfide) groups is 1. The average Bonchev–Trinajstić information content (AvgIpc) is 3.05. The van der Waals surface area contributed by atoms with Gasteiger partial charge in [0.2, 0.25) is 11.1 Å². The fraction of sp³-hybridized carbons (Fsp3) is 0.391. The third-order valence-electron chi connectivity index (χ3n) is 7.17. The molecule has 1 heterocycles. The second-order valence-corrected chi connectivity index (χ2v) is 9.78. The first-order valence-corrected chi connectivity index (χ1v) is 11.0. The molecule has 2 aliphatic carbocycles. The quantitative estimate of drug-likeness (QED) is 0.625. The van der Waals surface area contributed by atoms with Crippen LogP contribution in [0.25, 0.3) is 10.8 Å². The molecule has 0 radical (unpaired) electrons. The Kier molecular flexibility index (Phi) is 4.17. The Morgan fingerprint density at radius 1 is 1.14 bits per heavy atom. The van der Waals surface area contributed by atoms with Crippen LogP contribution in [-0.2, 0) is 10.2 Å². The molecule has 1 amide bonds. The zero-order chi connectivity index (χ0) is 20.2. The van der Waals surface area contributed by atoms with Gasteiger partial charge in [0.15, 0.2) is 0 Å². The molecule has 1 aromatic heterocycles. The van der Waals surface area contributed by atoms with E-state index >= 15 is 0 Å². The summed E-state index contributed by atoms with van der Waals surface area (Å²) in [6.07, 6.45) is 2.30.